The highest BCUT2D eigenvalue weighted by Crippen LogP contribution is 2.35. The number of hydrogen-bond donors (Lipinski definition) is 0. The van der Waals surface area contributed by atoms with Crippen LogP contribution in [0.1, 0.15) is 32.3 Å². The van der Waals surface area contributed by atoms with Crippen molar-refractivity contribution in [3.05, 3.63) is 27.7 Å². The lowest BCUT2D eigenvalue weighted by atomic mass is 9.83. The molecule has 0 saturated carbocycles. The predicted molar refractivity (Wildman–Crippen MR) is 87.8 cm³/mol. The van der Waals surface area contributed by atoms with Crippen molar-refractivity contribution in [2.75, 3.05) is 13.1 Å². The highest BCUT2D eigenvalue weighted by molar-refractivity contribution is 7.89. The Bertz CT molecular complexity index is 634. The molecule has 3 nitrogen and oxygen atoms in total. The Kier molecular flexibility index (Phi) is 5.16. The van der Waals surface area contributed by atoms with Gasteiger partial charge in [-0.2, -0.15) is 4.31 Å². The third-order valence-electron chi connectivity index (χ3n) is 3.94. The molecule has 2 rings (SSSR count). The minimum atomic E-state index is -3.61. The second kappa shape index (κ2) is 6.25. The summed E-state index contributed by atoms with van der Waals surface area (Å²) in [5.41, 5.74) is 0.746. The van der Waals surface area contributed by atoms with Crippen LogP contribution in [-0.4, -0.2) is 25.8 Å². The van der Waals surface area contributed by atoms with Crippen molar-refractivity contribution in [2.24, 2.45) is 5.41 Å². The van der Waals surface area contributed by atoms with Crippen LogP contribution in [0.15, 0.2) is 17.0 Å². The smallest absolute Gasteiger partial charge is 0.207 e. The third-order valence-corrected chi connectivity index (χ3v) is 6.94. The zero-order valence-electron chi connectivity index (χ0n) is 12.0. The summed E-state index contributed by atoms with van der Waals surface area (Å²) in [5, 5.41) is 0.521. The molecule has 1 aromatic rings. The molecule has 0 radical (unpaired) electrons. The van der Waals surface area contributed by atoms with Gasteiger partial charge in [0.15, 0.2) is 0 Å². The molecule has 0 bridgehead atoms. The fourth-order valence-electron chi connectivity index (χ4n) is 2.34. The molecule has 0 unspecified atom stereocenters. The van der Waals surface area contributed by atoms with E-state index in [-0.39, 0.29) is 21.2 Å². The van der Waals surface area contributed by atoms with E-state index in [9.17, 15) is 8.42 Å². The van der Waals surface area contributed by atoms with Gasteiger partial charge in [-0.15, -0.1) is 11.6 Å². The van der Waals surface area contributed by atoms with Gasteiger partial charge in [-0.25, -0.2) is 8.42 Å². The second-order valence-corrected chi connectivity index (χ2v) is 9.06. The molecular formula is C14H18Cl3NO2S. The largest absolute Gasteiger partial charge is 0.244 e. The predicted octanol–water partition coefficient (Wildman–Crippen LogP) is 4.54. The van der Waals surface area contributed by atoms with E-state index in [1.807, 2.05) is 0 Å². The standard InChI is InChI=1S/C14H18Cl3NO2S/c1-14(2)3-5-18(6-4-14)21(19,20)13-7-10(9-15)11(16)8-12(13)17/h7-8H,3-6,9H2,1-2H3. The van der Waals surface area contributed by atoms with Crippen LogP contribution in [0.2, 0.25) is 10.0 Å². The summed E-state index contributed by atoms with van der Waals surface area (Å²) in [6.07, 6.45) is 1.67. The van der Waals surface area contributed by atoms with E-state index in [2.05, 4.69) is 13.8 Å². The zero-order chi connectivity index (χ0) is 15.8. The maximum absolute atomic E-state index is 12.8. The van der Waals surface area contributed by atoms with Crippen molar-refractivity contribution >= 4 is 44.8 Å². The molecule has 0 spiro atoms. The summed E-state index contributed by atoms with van der Waals surface area (Å²) in [7, 11) is -3.61. The molecule has 0 aliphatic carbocycles. The average molecular weight is 371 g/mol. The molecule has 1 aliphatic rings. The van der Waals surface area contributed by atoms with E-state index in [0.29, 0.717) is 23.7 Å². The van der Waals surface area contributed by atoms with Gasteiger partial charge in [0.1, 0.15) is 4.90 Å². The molecule has 1 aromatic carbocycles. The number of benzene rings is 1. The normalized spacial score (nSPS) is 19.7. The number of sulfonamides is 1. The maximum Gasteiger partial charge on any atom is 0.244 e. The van der Waals surface area contributed by atoms with Gasteiger partial charge in [0, 0.05) is 24.0 Å². The first-order valence-corrected chi connectivity index (χ1v) is 9.44. The van der Waals surface area contributed by atoms with Crippen LogP contribution in [0, 0.1) is 5.41 Å². The molecule has 1 saturated heterocycles. The van der Waals surface area contributed by atoms with E-state index in [1.165, 1.54) is 16.4 Å². The topological polar surface area (TPSA) is 37.4 Å². The second-order valence-electron chi connectivity index (χ2n) is 6.08. The summed E-state index contributed by atoms with van der Waals surface area (Å²) < 4.78 is 27.0. The van der Waals surface area contributed by atoms with Gasteiger partial charge >= 0.3 is 0 Å². The summed E-state index contributed by atoms with van der Waals surface area (Å²) in [5.74, 6) is 0.144. The van der Waals surface area contributed by atoms with Gasteiger partial charge < -0.3 is 0 Å². The molecule has 0 aromatic heterocycles. The highest BCUT2D eigenvalue weighted by Gasteiger charge is 2.34. The van der Waals surface area contributed by atoms with Crippen molar-refractivity contribution in [3.8, 4) is 0 Å². The molecule has 1 fully saturated rings. The lowest BCUT2D eigenvalue weighted by Gasteiger charge is -2.36. The quantitative estimate of drug-likeness (QED) is 0.732. The van der Waals surface area contributed by atoms with Crippen molar-refractivity contribution in [1.29, 1.82) is 0 Å². The van der Waals surface area contributed by atoms with E-state index < -0.39 is 10.0 Å². The molecule has 0 atom stereocenters. The van der Waals surface area contributed by atoms with E-state index >= 15 is 0 Å². The van der Waals surface area contributed by atoms with Gasteiger partial charge in [-0.3, -0.25) is 0 Å². The number of alkyl halides is 1. The van der Waals surface area contributed by atoms with Crippen molar-refractivity contribution in [2.45, 2.75) is 37.5 Å². The third kappa shape index (κ3) is 3.67. The van der Waals surface area contributed by atoms with E-state index in [0.717, 1.165) is 12.8 Å². The first kappa shape index (κ1) is 17.4. The maximum atomic E-state index is 12.8. The van der Waals surface area contributed by atoms with Crippen LogP contribution in [0.4, 0.5) is 0 Å². The Morgan fingerprint density at radius 3 is 2.24 bits per heavy atom. The molecule has 21 heavy (non-hydrogen) atoms. The summed E-state index contributed by atoms with van der Waals surface area (Å²) in [4.78, 5) is 0.0870. The van der Waals surface area contributed by atoms with Crippen LogP contribution in [0.25, 0.3) is 0 Å². The molecule has 1 aliphatic heterocycles. The van der Waals surface area contributed by atoms with Gasteiger partial charge in [0.05, 0.1) is 5.02 Å². The Morgan fingerprint density at radius 1 is 1.14 bits per heavy atom. The van der Waals surface area contributed by atoms with Gasteiger partial charge in [-0.1, -0.05) is 37.0 Å². The first-order chi connectivity index (χ1) is 9.67. The van der Waals surface area contributed by atoms with Crippen LogP contribution < -0.4 is 0 Å². The molecule has 0 N–H and O–H groups in total. The SMILES string of the molecule is CC1(C)CCN(S(=O)(=O)c2cc(CCl)c(Cl)cc2Cl)CC1. The Balaban J connectivity index is 2.36. The lowest BCUT2D eigenvalue weighted by molar-refractivity contribution is 0.196. The molecule has 118 valence electrons. The summed E-state index contributed by atoms with van der Waals surface area (Å²) >= 11 is 17.9. The minimum Gasteiger partial charge on any atom is -0.207 e. The Morgan fingerprint density at radius 2 is 1.71 bits per heavy atom. The Hall–Kier alpha value is -0.000000000000000111. The highest BCUT2D eigenvalue weighted by atomic mass is 35.5. The molecule has 7 heteroatoms. The van der Waals surface area contributed by atoms with E-state index in [4.69, 9.17) is 34.8 Å². The van der Waals surface area contributed by atoms with Crippen LogP contribution >= 0.6 is 34.8 Å². The average Bonchev–Trinajstić information content (AvgIpc) is 2.38. The summed E-state index contributed by atoms with van der Waals surface area (Å²) in [6, 6.07) is 2.92. The van der Waals surface area contributed by atoms with Crippen molar-refractivity contribution in [1.82, 2.24) is 4.31 Å². The van der Waals surface area contributed by atoms with Crippen molar-refractivity contribution < 1.29 is 8.42 Å². The number of piperidine rings is 1. The minimum absolute atomic E-state index is 0.0870. The first-order valence-electron chi connectivity index (χ1n) is 6.71. The fraction of sp³-hybridized carbons (Fsp3) is 0.571. The van der Waals surface area contributed by atoms with Crippen LogP contribution in [-0.2, 0) is 15.9 Å². The number of rotatable bonds is 3. The molecule has 1 heterocycles. The summed E-state index contributed by atoms with van der Waals surface area (Å²) in [6.45, 7) is 5.31. The zero-order valence-corrected chi connectivity index (χ0v) is 15.1. The molecular weight excluding hydrogens is 353 g/mol. The number of nitrogens with zero attached hydrogens (tertiary/aromatic N) is 1. The lowest BCUT2D eigenvalue weighted by Crippen LogP contribution is -2.41. The van der Waals surface area contributed by atoms with Crippen LogP contribution in [0.5, 0.6) is 0 Å². The van der Waals surface area contributed by atoms with Gasteiger partial charge in [0.2, 0.25) is 10.0 Å². The molecule has 0 amide bonds. The fourth-order valence-corrected chi connectivity index (χ4v) is 4.91. The van der Waals surface area contributed by atoms with Gasteiger partial charge in [-0.05, 0) is 36.0 Å². The number of halogens is 3. The van der Waals surface area contributed by atoms with E-state index in [1.54, 1.807) is 0 Å². The van der Waals surface area contributed by atoms with Crippen LogP contribution in [0.3, 0.4) is 0 Å². The monoisotopic (exact) mass is 369 g/mol. The number of hydrogen-bond acceptors (Lipinski definition) is 2. The van der Waals surface area contributed by atoms with Crippen molar-refractivity contribution in [3.63, 3.8) is 0 Å². The van der Waals surface area contributed by atoms with Gasteiger partial charge in [0.25, 0.3) is 0 Å². The Labute approximate surface area is 141 Å².